The first kappa shape index (κ1) is 15.2. The first-order valence-corrected chi connectivity index (χ1v) is 6.73. The molecule has 8 nitrogen and oxygen atoms in total. The van der Waals surface area contributed by atoms with Crippen molar-refractivity contribution in [2.75, 3.05) is 25.2 Å². The van der Waals surface area contributed by atoms with Crippen LogP contribution >= 0.6 is 0 Å². The van der Waals surface area contributed by atoms with Gasteiger partial charge in [0, 0.05) is 31.9 Å². The molecule has 2 rings (SSSR count). The number of nitro groups is 1. The Morgan fingerprint density at radius 3 is 2.95 bits per heavy atom. The van der Waals surface area contributed by atoms with Crippen molar-refractivity contribution in [1.29, 1.82) is 0 Å². The minimum absolute atomic E-state index is 0.150. The highest BCUT2D eigenvalue weighted by atomic mass is 16.6. The molecule has 1 aromatic rings. The summed E-state index contributed by atoms with van der Waals surface area (Å²) in [5.74, 6) is 5.40. The van der Waals surface area contributed by atoms with Crippen LogP contribution in [0.15, 0.2) is 18.2 Å². The van der Waals surface area contributed by atoms with Gasteiger partial charge in [-0.05, 0) is 24.8 Å². The number of ether oxygens (including phenoxy) is 1. The van der Waals surface area contributed by atoms with Crippen LogP contribution < -0.4 is 16.6 Å². The fourth-order valence-electron chi connectivity index (χ4n) is 2.26. The number of amides is 1. The highest BCUT2D eigenvalue weighted by Gasteiger charge is 2.18. The van der Waals surface area contributed by atoms with E-state index in [4.69, 9.17) is 10.6 Å². The summed E-state index contributed by atoms with van der Waals surface area (Å²) in [7, 11) is 0. The molecule has 8 heteroatoms. The second-order valence-corrected chi connectivity index (χ2v) is 4.91. The van der Waals surface area contributed by atoms with Gasteiger partial charge >= 0.3 is 0 Å². The lowest BCUT2D eigenvalue weighted by molar-refractivity contribution is -0.384. The molecule has 1 saturated heterocycles. The number of carbonyl (C=O) groups is 1. The number of nitrogens with zero attached hydrogens (tertiary/aromatic N) is 1. The molecule has 1 atom stereocenters. The first-order chi connectivity index (χ1) is 10.1. The van der Waals surface area contributed by atoms with E-state index in [0.717, 1.165) is 26.1 Å². The Hall–Kier alpha value is -2.19. The summed E-state index contributed by atoms with van der Waals surface area (Å²) in [6.07, 6.45) is 1.83. The number of nitrogen functional groups attached to an aromatic ring is 1. The minimum Gasteiger partial charge on any atom is -0.381 e. The quantitative estimate of drug-likeness (QED) is 0.409. The van der Waals surface area contributed by atoms with Gasteiger partial charge in [0.15, 0.2) is 0 Å². The third-order valence-electron chi connectivity index (χ3n) is 3.48. The maximum Gasteiger partial charge on any atom is 0.270 e. The predicted octanol–water partition coefficient (Wildman–Crippen LogP) is 1.04. The highest BCUT2D eigenvalue weighted by molar-refractivity contribution is 6.00. The molecule has 1 aliphatic rings. The Morgan fingerprint density at radius 1 is 1.52 bits per heavy atom. The first-order valence-electron chi connectivity index (χ1n) is 6.73. The van der Waals surface area contributed by atoms with Gasteiger partial charge < -0.3 is 15.5 Å². The summed E-state index contributed by atoms with van der Waals surface area (Å²) < 4.78 is 5.26. The van der Waals surface area contributed by atoms with Crippen molar-refractivity contribution in [1.82, 2.24) is 5.32 Å². The number of non-ortho nitro benzene ring substituents is 1. The van der Waals surface area contributed by atoms with E-state index in [-0.39, 0.29) is 17.2 Å². The standard InChI is InChI=1S/C13H18N4O4/c14-16-12-2-1-10(17(19)20)7-11(12)13(18)15-5-3-9-4-6-21-8-9/h1-2,7,9,16H,3-6,8,14H2,(H,15,18). The number of hydrogen-bond donors (Lipinski definition) is 3. The average Bonchev–Trinajstić information content (AvgIpc) is 2.99. The monoisotopic (exact) mass is 294 g/mol. The summed E-state index contributed by atoms with van der Waals surface area (Å²) in [6.45, 7) is 1.99. The van der Waals surface area contributed by atoms with Crippen molar-refractivity contribution in [3.8, 4) is 0 Å². The van der Waals surface area contributed by atoms with Crippen molar-refractivity contribution in [2.45, 2.75) is 12.8 Å². The molecule has 1 aliphatic heterocycles. The summed E-state index contributed by atoms with van der Waals surface area (Å²) in [6, 6.07) is 3.92. The summed E-state index contributed by atoms with van der Waals surface area (Å²) in [5, 5.41) is 13.5. The van der Waals surface area contributed by atoms with Gasteiger partial charge in [-0.15, -0.1) is 0 Å². The van der Waals surface area contributed by atoms with E-state index in [0.29, 0.717) is 18.2 Å². The molecule has 21 heavy (non-hydrogen) atoms. The smallest absolute Gasteiger partial charge is 0.270 e. The molecular weight excluding hydrogens is 276 g/mol. The number of hydrazine groups is 1. The van der Waals surface area contributed by atoms with Gasteiger partial charge in [0.1, 0.15) is 0 Å². The molecule has 0 aromatic heterocycles. The average molecular weight is 294 g/mol. The number of benzene rings is 1. The number of nitrogens with two attached hydrogens (primary N) is 1. The van der Waals surface area contributed by atoms with Crippen molar-refractivity contribution >= 4 is 17.3 Å². The SMILES string of the molecule is NNc1ccc([N+](=O)[O-])cc1C(=O)NCCC1CCOC1. The van der Waals surface area contributed by atoms with Crippen LogP contribution in [0.4, 0.5) is 11.4 Å². The molecule has 1 aromatic carbocycles. The zero-order valence-corrected chi connectivity index (χ0v) is 11.5. The van der Waals surface area contributed by atoms with Gasteiger partial charge in [-0.1, -0.05) is 0 Å². The fraction of sp³-hybridized carbons (Fsp3) is 0.462. The highest BCUT2D eigenvalue weighted by Crippen LogP contribution is 2.21. The Morgan fingerprint density at radius 2 is 2.33 bits per heavy atom. The Labute approximate surface area is 121 Å². The maximum absolute atomic E-state index is 12.1. The Kier molecular flexibility index (Phi) is 5.07. The Bertz CT molecular complexity index is 529. The van der Waals surface area contributed by atoms with Crippen molar-refractivity contribution in [3.05, 3.63) is 33.9 Å². The van der Waals surface area contributed by atoms with Crippen LogP contribution in [-0.4, -0.2) is 30.6 Å². The number of anilines is 1. The number of hydrogen-bond acceptors (Lipinski definition) is 6. The topological polar surface area (TPSA) is 120 Å². The van der Waals surface area contributed by atoms with Crippen LogP contribution in [0.25, 0.3) is 0 Å². The number of nitrogens with one attached hydrogen (secondary N) is 2. The number of carbonyl (C=O) groups excluding carboxylic acids is 1. The van der Waals surface area contributed by atoms with Crippen LogP contribution in [0, 0.1) is 16.0 Å². The molecule has 0 saturated carbocycles. The van der Waals surface area contributed by atoms with Crippen LogP contribution in [0.1, 0.15) is 23.2 Å². The van der Waals surface area contributed by atoms with Gasteiger partial charge in [0.05, 0.1) is 16.2 Å². The molecule has 1 unspecified atom stereocenters. The van der Waals surface area contributed by atoms with Crippen molar-refractivity contribution in [2.24, 2.45) is 11.8 Å². The fourth-order valence-corrected chi connectivity index (χ4v) is 2.26. The minimum atomic E-state index is -0.549. The maximum atomic E-state index is 12.1. The van der Waals surface area contributed by atoms with E-state index in [1.165, 1.54) is 18.2 Å². The molecule has 4 N–H and O–H groups in total. The second-order valence-electron chi connectivity index (χ2n) is 4.91. The summed E-state index contributed by atoms with van der Waals surface area (Å²) >= 11 is 0. The van der Waals surface area contributed by atoms with Crippen LogP contribution in [-0.2, 0) is 4.74 Å². The molecule has 1 amide bonds. The lowest BCUT2D eigenvalue weighted by Gasteiger charge is -2.11. The lowest BCUT2D eigenvalue weighted by Crippen LogP contribution is -2.27. The number of nitro benzene ring substituents is 1. The zero-order valence-electron chi connectivity index (χ0n) is 11.5. The molecular formula is C13H18N4O4. The Balaban J connectivity index is 1.99. The second kappa shape index (κ2) is 7.00. The van der Waals surface area contributed by atoms with Gasteiger partial charge in [-0.25, -0.2) is 0 Å². The molecule has 1 heterocycles. The third kappa shape index (κ3) is 3.89. The lowest BCUT2D eigenvalue weighted by atomic mass is 10.1. The molecule has 1 fully saturated rings. The van der Waals surface area contributed by atoms with Crippen molar-refractivity contribution < 1.29 is 14.5 Å². The van der Waals surface area contributed by atoms with E-state index in [2.05, 4.69) is 10.7 Å². The van der Waals surface area contributed by atoms with Crippen LogP contribution in [0.2, 0.25) is 0 Å². The number of rotatable bonds is 6. The summed E-state index contributed by atoms with van der Waals surface area (Å²) in [4.78, 5) is 22.3. The van der Waals surface area contributed by atoms with Gasteiger partial charge in [-0.3, -0.25) is 20.8 Å². The van der Waals surface area contributed by atoms with E-state index >= 15 is 0 Å². The van der Waals surface area contributed by atoms with Gasteiger partial charge in [0.2, 0.25) is 0 Å². The van der Waals surface area contributed by atoms with Crippen LogP contribution in [0.3, 0.4) is 0 Å². The van der Waals surface area contributed by atoms with E-state index < -0.39 is 4.92 Å². The predicted molar refractivity (Wildman–Crippen MR) is 76.8 cm³/mol. The van der Waals surface area contributed by atoms with Crippen molar-refractivity contribution in [3.63, 3.8) is 0 Å². The third-order valence-corrected chi connectivity index (χ3v) is 3.48. The van der Waals surface area contributed by atoms with Gasteiger partial charge in [0.25, 0.3) is 11.6 Å². The van der Waals surface area contributed by atoms with E-state index in [1.807, 2.05) is 0 Å². The van der Waals surface area contributed by atoms with Crippen LogP contribution in [0.5, 0.6) is 0 Å². The molecule has 0 aliphatic carbocycles. The van der Waals surface area contributed by atoms with Gasteiger partial charge in [-0.2, -0.15) is 0 Å². The largest absolute Gasteiger partial charge is 0.381 e. The zero-order chi connectivity index (χ0) is 15.2. The molecule has 0 spiro atoms. The van der Waals surface area contributed by atoms with E-state index in [1.54, 1.807) is 0 Å². The molecule has 0 bridgehead atoms. The summed E-state index contributed by atoms with van der Waals surface area (Å²) in [5.41, 5.74) is 2.73. The normalized spacial score (nSPS) is 17.5. The molecule has 114 valence electrons. The van der Waals surface area contributed by atoms with E-state index in [9.17, 15) is 14.9 Å². The molecule has 0 radical (unpaired) electrons.